The van der Waals surface area contributed by atoms with E-state index in [1.807, 2.05) is 6.92 Å². The molecule has 0 radical (unpaired) electrons. The van der Waals surface area contributed by atoms with E-state index in [1.54, 1.807) is 0 Å². The highest BCUT2D eigenvalue weighted by molar-refractivity contribution is 6.33. The van der Waals surface area contributed by atoms with Crippen molar-refractivity contribution in [1.82, 2.24) is 5.32 Å². The van der Waals surface area contributed by atoms with Gasteiger partial charge in [0.1, 0.15) is 11.5 Å². The molecule has 6 N–H and O–H groups in total. The summed E-state index contributed by atoms with van der Waals surface area (Å²) in [6, 6.07) is 5.22. The average Bonchev–Trinajstić information content (AvgIpc) is 2.64. The van der Waals surface area contributed by atoms with Gasteiger partial charge in [-0.25, -0.2) is 0 Å². The van der Waals surface area contributed by atoms with Crippen LogP contribution in [0.4, 0.5) is 11.4 Å². The molecular weight excluding hydrogens is 350 g/mol. The minimum absolute atomic E-state index is 0.0433. The van der Waals surface area contributed by atoms with Gasteiger partial charge in [-0.2, -0.15) is 0 Å². The van der Waals surface area contributed by atoms with Crippen LogP contribution in [-0.2, 0) is 4.79 Å². The van der Waals surface area contributed by atoms with Crippen molar-refractivity contribution in [2.75, 3.05) is 24.1 Å². The van der Waals surface area contributed by atoms with E-state index in [0.29, 0.717) is 6.54 Å². The second-order valence-corrected chi connectivity index (χ2v) is 6.17. The molecule has 1 aliphatic carbocycles. The highest BCUT2D eigenvalue weighted by atomic mass is 16.3. The van der Waals surface area contributed by atoms with Gasteiger partial charge in [-0.05, 0) is 30.7 Å². The van der Waals surface area contributed by atoms with E-state index in [2.05, 4.69) is 10.6 Å². The number of hydrogen-bond acceptors (Lipinski definition) is 7. The number of nitrogen functional groups attached to an aromatic ring is 1. The molecule has 0 spiro atoms. The summed E-state index contributed by atoms with van der Waals surface area (Å²) in [5, 5.41) is 25.7. The number of rotatable bonds is 5. The molecule has 0 atom stereocenters. The molecule has 0 unspecified atom stereocenters. The van der Waals surface area contributed by atoms with Crippen LogP contribution in [0.1, 0.15) is 45.2 Å². The number of carbonyl (C=O) groups is 3. The molecule has 3 rings (SSSR count). The number of amides is 1. The number of nitrogens with one attached hydrogen (secondary N) is 2. The Morgan fingerprint density at radius 1 is 0.963 bits per heavy atom. The van der Waals surface area contributed by atoms with Crippen molar-refractivity contribution in [3.63, 3.8) is 0 Å². The van der Waals surface area contributed by atoms with Crippen LogP contribution in [0.3, 0.4) is 0 Å². The van der Waals surface area contributed by atoms with E-state index in [0.717, 1.165) is 6.42 Å². The maximum Gasteiger partial charge on any atom is 0.239 e. The molecule has 0 saturated carbocycles. The Kier molecular flexibility index (Phi) is 4.72. The quantitative estimate of drug-likeness (QED) is 0.338. The Balaban J connectivity index is 2.06. The van der Waals surface area contributed by atoms with Crippen molar-refractivity contribution in [1.29, 1.82) is 0 Å². The standard InChI is InChI=1S/C19H19N3O5/c1-2-7-21-13(25)8-22-10-4-6-12(24)17-15(10)18(26)14-9(20)3-5-11(23)16(14)19(17)27/h3-6,22-24H,2,7-8,20H2,1H3,(H,21,25). The maximum absolute atomic E-state index is 13.0. The predicted octanol–water partition coefficient (Wildman–Crippen LogP) is 1.39. The lowest BCUT2D eigenvalue weighted by molar-refractivity contribution is -0.119. The molecule has 0 heterocycles. The lowest BCUT2D eigenvalue weighted by atomic mass is 9.81. The summed E-state index contributed by atoms with van der Waals surface area (Å²) in [5.74, 6) is -2.37. The summed E-state index contributed by atoms with van der Waals surface area (Å²) in [5.41, 5.74) is 5.47. The Hall–Kier alpha value is -3.55. The lowest BCUT2D eigenvalue weighted by Gasteiger charge is -2.23. The van der Waals surface area contributed by atoms with Gasteiger partial charge in [0, 0.05) is 17.9 Å². The van der Waals surface area contributed by atoms with Gasteiger partial charge < -0.3 is 26.6 Å². The zero-order valence-corrected chi connectivity index (χ0v) is 14.6. The fourth-order valence-electron chi connectivity index (χ4n) is 3.04. The first-order valence-electron chi connectivity index (χ1n) is 8.44. The van der Waals surface area contributed by atoms with Crippen LogP contribution in [0.15, 0.2) is 24.3 Å². The fraction of sp³-hybridized carbons (Fsp3) is 0.211. The van der Waals surface area contributed by atoms with Gasteiger partial charge in [-0.1, -0.05) is 6.92 Å². The van der Waals surface area contributed by atoms with Crippen molar-refractivity contribution in [3.05, 3.63) is 46.5 Å². The molecule has 0 aliphatic heterocycles. The van der Waals surface area contributed by atoms with Crippen LogP contribution in [0, 0.1) is 0 Å². The highest BCUT2D eigenvalue weighted by Gasteiger charge is 2.37. The Morgan fingerprint density at radius 3 is 2.22 bits per heavy atom. The molecule has 1 aliphatic rings. The summed E-state index contributed by atoms with van der Waals surface area (Å²) in [4.78, 5) is 37.7. The summed E-state index contributed by atoms with van der Waals surface area (Å²) in [6.45, 7) is 2.33. The van der Waals surface area contributed by atoms with Crippen LogP contribution in [-0.4, -0.2) is 40.8 Å². The molecule has 27 heavy (non-hydrogen) atoms. The molecule has 140 valence electrons. The highest BCUT2D eigenvalue weighted by Crippen LogP contribution is 2.41. The second kappa shape index (κ2) is 6.99. The molecule has 0 fully saturated rings. The van der Waals surface area contributed by atoms with Gasteiger partial charge in [-0.15, -0.1) is 0 Å². The number of aromatic hydroxyl groups is 2. The minimum Gasteiger partial charge on any atom is -0.507 e. The molecule has 8 nitrogen and oxygen atoms in total. The second-order valence-electron chi connectivity index (χ2n) is 6.17. The molecule has 2 aromatic carbocycles. The average molecular weight is 369 g/mol. The molecule has 1 amide bonds. The fourth-order valence-corrected chi connectivity index (χ4v) is 3.04. The van der Waals surface area contributed by atoms with E-state index in [4.69, 9.17) is 5.73 Å². The van der Waals surface area contributed by atoms with E-state index >= 15 is 0 Å². The molecule has 0 bridgehead atoms. The maximum atomic E-state index is 13.0. The van der Waals surface area contributed by atoms with Crippen LogP contribution in [0.5, 0.6) is 11.5 Å². The third-order valence-electron chi connectivity index (χ3n) is 4.32. The van der Waals surface area contributed by atoms with Crippen LogP contribution >= 0.6 is 0 Å². The Morgan fingerprint density at radius 2 is 1.56 bits per heavy atom. The third-order valence-corrected chi connectivity index (χ3v) is 4.32. The first kappa shape index (κ1) is 18.2. The van der Waals surface area contributed by atoms with Gasteiger partial charge in [0.2, 0.25) is 11.7 Å². The predicted molar refractivity (Wildman–Crippen MR) is 99.3 cm³/mol. The zero-order valence-electron chi connectivity index (χ0n) is 14.6. The van der Waals surface area contributed by atoms with Crippen molar-refractivity contribution >= 4 is 28.8 Å². The zero-order chi connectivity index (χ0) is 19.7. The number of benzene rings is 2. The molecular formula is C19H19N3O5. The van der Waals surface area contributed by atoms with E-state index < -0.39 is 17.3 Å². The van der Waals surface area contributed by atoms with Crippen LogP contribution in [0.2, 0.25) is 0 Å². The van der Waals surface area contributed by atoms with Gasteiger partial charge in [0.05, 0.1) is 28.8 Å². The van der Waals surface area contributed by atoms with Crippen molar-refractivity contribution in [2.45, 2.75) is 13.3 Å². The van der Waals surface area contributed by atoms with E-state index in [1.165, 1.54) is 24.3 Å². The number of anilines is 2. The normalized spacial score (nSPS) is 12.3. The summed E-state index contributed by atoms with van der Waals surface area (Å²) in [6.07, 6.45) is 0.785. The lowest BCUT2D eigenvalue weighted by Crippen LogP contribution is -2.31. The number of phenols is 2. The topological polar surface area (TPSA) is 142 Å². The number of fused-ring (bicyclic) bond motifs is 2. The monoisotopic (exact) mass is 369 g/mol. The van der Waals surface area contributed by atoms with Crippen LogP contribution < -0.4 is 16.4 Å². The van der Waals surface area contributed by atoms with E-state index in [-0.39, 0.29) is 51.8 Å². The number of ketones is 2. The Bertz CT molecular complexity index is 968. The van der Waals surface area contributed by atoms with Gasteiger partial charge in [-0.3, -0.25) is 14.4 Å². The number of carbonyl (C=O) groups excluding carboxylic acids is 3. The Labute approximate surface area is 155 Å². The number of hydrogen-bond donors (Lipinski definition) is 5. The summed E-state index contributed by atoms with van der Waals surface area (Å²) < 4.78 is 0. The smallest absolute Gasteiger partial charge is 0.239 e. The van der Waals surface area contributed by atoms with Crippen molar-refractivity contribution in [3.8, 4) is 11.5 Å². The molecule has 0 aromatic heterocycles. The van der Waals surface area contributed by atoms with Crippen LogP contribution in [0.25, 0.3) is 0 Å². The molecule has 0 saturated heterocycles. The number of nitrogens with two attached hydrogens (primary N) is 1. The van der Waals surface area contributed by atoms with Crippen molar-refractivity contribution < 1.29 is 24.6 Å². The summed E-state index contributed by atoms with van der Waals surface area (Å²) >= 11 is 0. The molecule has 8 heteroatoms. The van der Waals surface area contributed by atoms with Crippen molar-refractivity contribution in [2.24, 2.45) is 0 Å². The minimum atomic E-state index is -0.707. The van der Waals surface area contributed by atoms with Gasteiger partial charge in [0.25, 0.3) is 0 Å². The SMILES string of the molecule is CCCNC(=O)CNc1ccc(O)c2c1C(=O)c1c(N)ccc(O)c1C2=O. The first-order chi connectivity index (χ1) is 12.9. The van der Waals surface area contributed by atoms with Gasteiger partial charge in [0.15, 0.2) is 5.78 Å². The third kappa shape index (κ3) is 3.05. The van der Waals surface area contributed by atoms with Gasteiger partial charge >= 0.3 is 0 Å². The number of phenolic OH excluding ortho intramolecular Hbond substituents is 2. The van der Waals surface area contributed by atoms with E-state index in [9.17, 15) is 24.6 Å². The molecule has 2 aromatic rings. The first-order valence-corrected chi connectivity index (χ1v) is 8.44. The largest absolute Gasteiger partial charge is 0.507 e. The summed E-state index contributed by atoms with van der Waals surface area (Å²) in [7, 11) is 0.